The van der Waals surface area contributed by atoms with Crippen LogP contribution in [0.2, 0.25) is 0 Å². The van der Waals surface area contributed by atoms with Gasteiger partial charge in [0.2, 0.25) is 5.91 Å². The lowest BCUT2D eigenvalue weighted by Crippen LogP contribution is -2.65. The first-order chi connectivity index (χ1) is 9.13. The van der Waals surface area contributed by atoms with Crippen LogP contribution in [-0.4, -0.2) is 30.7 Å². The number of nitrogens with one attached hydrogen (secondary N) is 1. The second kappa shape index (κ2) is 6.17. The monoisotopic (exact) mass is 262 g/mol. The molecule has 0 saturated heterocycles. The third-order valence-electron chi connectivity index (χ3n) is 3.75. The Kier molecular flexibility index (Phi) is 4.56. The number of rotatable bonds is 5. The van der Waals surface area contributed by atoms with E-state index in [9.17, 15) is 4.79 Å². The molecule has 0 aromatic heterocycles. The Balaban J connectivity index is 1.93. The highest BCUT2D eigenvalue weighted by atomic mass is 16.5. The number of benzene rings is 1. The van der Waals surface area contributed by atoms with Gasteiger partial charge in [0.05, 0.1) is 18.1 Å². The van der Waals surface area contributed by atoms with Crippen LogP contribution in [0.5, 0.6) is 0 Å². The van der Waals surface area contributed by atoms with E-state index < -0.39 is 0 Å². The minimum atomic E-state index is -0.170. The van der Waals surface area contributed by atoms with Crippen molar-refractivity contribution in [2.24, 2.45) is 5.73 Å². The van der Waals surface area contributed by atoms with Crippen molar-refractivity contribution in [1.29, 1.82) is 0 Å². The van der Waals surface area contributed by atoms with Crippen LogP contribution in [0.4, 0.5) is 0 Å². The molecule has 1 fully saturated rings. The molecule has 1 aliphatic carbocycles. The summed E-state index contributed by atoms with van der Waals surface area (Å²) < 4.78 is 5.55. The van der Waals surface area contributed by atoms with Gasteiger partial charge in [0.15, 0.2) is 0 Å². The van der Waals surface area contributed by atoms with Crippen molar-refractivity contribution in [1.82, 2.24) is 5.32 Å². The number of nitrogens with two attached hydrogens (primary N) is 1. The summed E-state index contributed by atoms with van der Waals surface area (Å²) in [5.41, 5.74) is 6.95. The molecule has 1 aliphatic rings. The van der Waals surface area contributed by atoms with Crippen LogP contribution in [-0.2, 0) is 9.53 Å². The van der Waals surface area contributed by atoms with Crippen LogP contribution < -0.4 is 11.1 Å². The summed E-state index contributed by atoms with van der Waals surface area (Å²) in [7, 11) is 0. The number of carbonyl (C=O) groups excluding carboxylic acids is 1. The van der Waals surface area contributed by atoms with E-state index in [0.29, 0.717) is 6.61 Å². The molecular weight excluding hydrogens is 240 g/mol. The Labute approximate surface area is 114 Å². The molecule has 19 heavy (non-hydrogen) atoms. The molecule has 104 valence electrons. The van der Waals surface area contributed by atoms with E-state index >= 15 is 0 Å². The van der Waals surface area contributed by atoms with Crippen molar-refractivity contribution in [3.05, 3.63) is 35.9 Å². The summed E-state index contributed by atoms with van der Waals surface area (Å²) in [5, 5.41) is 3.01. The zero-order valence-electron chi connectivity index (χ0n) is 11.5. The molecule has 1 aromatic rings. The van der Waals surface area contributed by atoms with E-state index in [4.69, 9.17) is 10.5 Å². The lowest BCUT2D eigenvalue weighted by atomic mass is 9.83. The van der Waals surface area contributed by atoms with Gasteiger partial charge in [-0.15, -0.1) is 0 Å². The van der Waals surface area contributed by atoms with Crippen molar-refractivity contribution in [2.75, 3.05) is 6.61 Å². The van der Waals surface area contributed by atoms with Gasteiger partial charge in [0.1, 0.15) is 0 Å². The van der Waals surface area contributed by atoms with E-state index in [-0.39, 0.29) is 30.0 Å². The minimum absolute atomic E-state index is 0.00322. The van der Waals surface area contributed by atoms with Crippen LogP contribution in [0.3, 0.4) is 0 Å². The molecule has 1 amide bonds. The van der Waals surface area contributed by atoms with Crippen molar-refractivity contribution >= 4 is 5.91 Å². The number of carbonyl (C=O) groups is 1. The van der Waals surface area contributed by atoms with E-state index in [1.165, 1.54) is 0 Å². The lowest BCUT2D eigenvalue weighted by Gasteiger charge is -2.42. The van der Waals surface area contributed by atoms with E-state index in [2.05, 4.69) is 5.32 Å². The molecular formula is C15H22N2O2. The van der Waals surface area contributed by atoms with Crippen molar-refractivity contribution < 1.29 is 9.53 Å². The molecule has 0 heterocycles. The smallest absolute Gasteiger partial charge is 0.227 e. The van der Waals surface area contributed by atoms with Gasteiger partial charge in [-0.3, -0.25) is 4.79 Å². The van der Waals surface area contributed by atoms with Gasteiger partial charge >= 0.3 is 0 Å². The summed E-state index contributed by atoms with van der Waals surface area (Å²) in [6.45, 7) is 4.51. The SMILES string of the molecule is CCOC1CC(N)C1NC(=O)C(C)c1ccccc1. The van der Waals surface area contributed by atoms with Crippen LogP contribution in [0.25, 0.3) is 0 Å². The molecule has 0 spiro atoms. The maximum absolute atomic E-state index is 12.2. The average Bonchev–Trinajstić information content (AvgIpc) is 2.44. The van der Waals surface area contributed by atoms with Gasteiger partial charge in [-0.25, -0.2) is 0 Å². The Hall–Kier alpha value is -1.39. The molecule has 1 saturated carbocycles. The van der Waals surface area contributed by atoms with Gasteiger partial charge in [0.25, 0.3) is 0 Å². The van der Waals surface area contributed by atoms with Gasteiger partial charge < -0.3 is 15.8 Å². The summed E-state index contributed by atoms with van der Waals surface area (Å²) in [6.07, 6.45) is 0.880. The molecule has 4 atom stereocenters. The standard InChI is InChI=1S/C15H22N2O2/c1-3-19-13-9-12(16)14(13)17-15(18)10(2)11-7-5-4-6-8-11/h4-8,10,12-14H,3,9,16H2,1-2H3,(H,17,18). The molecule has 1 aromatic carbocycles. The van der Waals surface area contributed by atoms with Crippen LogP contribution in [0.1, 0.15) is 31.7 Å². The molecule has 0 aliphatic heterocycles. The van der Waals surface area contributed by atoms with E-state index in [1.54, 1.807) is 0 Å². The topological polar surface area (TPSA) is 64.3 Å². The molecule has 4 nitrogen and oxygen atoms in total. The predicted molar refractivity (Wildman–Crippen MR) is 74.8 cm³/mol. The third-order valence-corrected chi connectivity index (χ3v) is 3.75. The van der Waals surface area contributed by atoms with Crippen LogP contribution in [0.15, 0.2) is 30.3 Å². The molecule has 2 rings (SSSR count). The zero-order valence-corrected chi connectivity index (χ0v) is 11.5. The Morgan fingerprint density at radius 2 is 2.16 bits per heavy atom. The van der Waals surface area contributed by atoms with Gasteiger partial charge in [-0.05, 0) is 25.8 Å². The number of hydrogen-bond acceptors (Lipinski definition) is 3. The largest absolute Gasteiger partial charge is 0.376 e. The fraction of sp³-hybridized carbons (Fsp3) is 0.533. The first kappa shape index (κ1) is 14.0. The molecule has 4 unspecified atom stereocenters. The second-order valence-corrected chi connectivity index (χ2v) is 5.06. The van der Waals surface area contributed by atoms with E-state index in [1.807, 2.05) is 44.2 Å². The molecule has 0 bridgehead atoms. The maximum atomic E-state index is 12.2. The number of hydrogen-bond donors (Lipinski definition) is 2. The fourth-order valence-corrected chi connectivity index (χ4v) is 2.41. The van der Waals surface area contributed by atoms with E-state index in [0.717, 1.165) is 12.0 Å². The molecule has 4 heteroatoms. The Morgan fingerprint density at radius 1 is 1.47 bits per heavy atom. The van der Waals surface area contributed by atoms with Crippen LogP contribution in [0, 0.1) is 0 Å². The minimum Gasteiger partial charge on any atom is -0.376 e. The molecule has 3 N–H and O–H groups in total. The second-order valence-electron chi connectivity index (χ2n) is 5.06. The quantitative estimate of drug-likeness (QED) is 0.843. The summed E-state index contributed by atoms with van der Waals surface area (Å²) in [4.78, 5) is 12.2. The van der Waals surface area contributed by atoms with Gasteiger partial charge in [-0.2, -0.15) is 0 Å². The summed E-state index contributed by atoms with van der Waals surface area (Å²) in [5.74, 6) is -0.160. The highest BCUT2D eigenvalue weighted by Crippen LogP contribution is 2.24. The first-order valence-corrected chi connectivity index (χ1v) is 6.86. The highest BCUT2D eigenvalue weighted by Gasteiger charge is 2.40. The summed E-state index contributed by atoms with van der Waals surface area (Å²) >= 11 is 0. The van der Waals surface area contributed by atoms with Gasteiger partial charge in [-0.1, -0.05) is 30.3 Å². The average molecular weight is 262 g/mol. The predicted octanol–water partition coefficient (Wildman–Crippen LogP) is 1.41. The number of amides is 1. The zero-order chi connectivity index (χ0) is 13.8. The fourth-order valence-electron chi connectivity index (χ4n) is 2.41. The number of ether oxygens (including phenoxy) is 1. The first-order valence-electron chi connectivity index (χ1n) is 6.86. The Morgan fingerprint density at radius 3 is 2.74 bits per heavy atom. The van der Waals surface area contributed by atoms with Crippen molar-refractivity contribution in [3.8, 4) is 0 Å². The highest BCUT2D eigenvalue weighted by molar-refractivity contribution is 5.83. The molecule has 0 radical (unpaired) electrons. The van der Waals surface area contributed by atoms with Gasteiger partial charge in [0, 0.05) is 12.6 Å². The summed E-state index contributed by atoms with van der Waals surface area (Å²) in [6, 6.07) is 9.70. The van der Waals surface area contributed by atoms with Crippen molar-refractivity contribution in [2.45, 2.75) is 44.4 Å². The lowest BCUT2D eigenvalue weighted by molar-refractivity contribution is -0.126. The Bertz CT molecular complexity index is 419. The third kappa shape index (κ3) is 3.14. The van der Waals surface area contributed by atoms with Crippen LogP contribution >= 0.6 is 0 Å². The maximum Gasteiger partial charge on any atom is 0.227 e. The van der Waals surface area contributed by atoms with Crippen molar-refractivity contribution in [3.63, 3.8) is 0 Å². The normalized spacial score (nSPS) is 27.4.